The topological polar surface area (TPSA) is 65.2 Å². The molecule has 1 aliphatic heterocycles. The van der Waals surface area contributed by atoms with Crippen LogP contribution in [0.4, 0.5) is 23.4 Å². The number of nitrogens with zero attached hydrogens (tertiary/aromatic N) is 2. The number of nitrogens with one attached hydrogen (secondary N) is 3. The molecule has 0 amide bonds. The van der Waals surface area contributed by atoms with Gasteiger partial charge in [-0.25, -0.2) is 4.98 Å². The van der Waals surface area contributed by atoms with Crippen LogP contribution in [0.3, 0.4) is 0 Å². The average Bonchev–Trinajstić information content (AvgIpc) is 3.19. The highest BCUT2D eigenvalue weighted by molar-refractivity contribution is 14.1. The van der Waals surface area contributed by atoms with Crippen LogP contribution in [0.5, 0.6) is 5.75 Å². The van der Waals surface area contributed by atoms with Gasteiger partial charge in [0.2, 0.25) is 0 Å². The molecule has 0 saturated carbocycles. The smallest absolute Gasteiger partial charge is 0.401 e. The van der Waals surface area contributed by atoms with Crippen LogP contribution in [0.1, 0.15) is 29.4 Å². The molecule has 3 aromatic rings. The zero-order valence-corrected chi connectivity index (χ0v) is 21.4. The van der Waals surface area contributed by atoms with Crippen LogP contribution in [0.15, 0.2) is 36.4 Å². The van der Waals surface area contributed by atoms with Gasteiger partial charge in [-0.3, -0.25) is 9.29 Å². The molecule has 6 nitrogen and oxygen atoms in total. The lowest BCUT2D eigenvalue weighted by atomic mass is 9.94. The summed E-state index contributed by atoms with van der Waals surface area (Å²) in [6, 6.07) is 10.5. The number of anilines is 1. The Morgan fingerprint density at radius 2 is 1.97 bits per heavy atom. The Balaban J connectivity index is 1.72. The van der Waals surface area contributed by atoms with Gasteiger partial charge >= 0.3 is 6.18 Å². The maximum absolute atomic E-state index is 13.7. The number of para-hydroxylation sites is 1. The van der Waals surface area contributed by atoms with Gasteiger partial charge in [0.25, 0.3) is 0 Å². The molecule has 2 aromatic heterocycles. The van der Waals surface area contributed by atoms with E-state index in [0.29, 0.717) is 55.4 Å². The molecule has 35 heavy (non-hydrogen) atoms. The van der Waals surface area contributed by atoms with Gasteiger partial charge < -0.3 is 20.4 Å². The predicted octanol–water partition coefficient (Wildman–Crippen LogP) is 5.20. The van der Waals surface area contributed by atoms with E-state index < -0.39 is 22.8 Å². The Labute approximate surface area is 215 Å². The lowest BCUT2D eigenvalue weighted by Gasteiger charge is -2.40. The second kappa shape index (κ2) is 11.3. The summed E-state index contributed by atoms with van der Waals surface area (Å²) in [7, 11) is 1.49. The Morgan fingerprint density at radius 3 is 2.71 bits per heavy atom. The summed E-state index contributed by atoms with van der Waals surface area (Å²) in [5, 5.41) is 7.34. The van der Waals surface area contributed by atoms with E-state index >= 15 is 0 Å². The summed E-state index contributed by atoms with van der Waals surface area (Å²) in [6.07, 6.45) is -3.44. The molecular formula is C24H28F4IN5O. The molecule has 0 aliphatic carbocycles. The van der Waals surface area contributed by atoms with Crippen molar-refractivity contribution in [2.45, 2.75) is 29.1 Å². The maximum atomic E-state index is 13.7. The first-order chi connectivity index (χ1) is 16.8. The van der Waals surface area contributed by atoms with E-state index in [9.17, 15) is 17.6 Å². The monoisotopic (exact) mass is 605 g/mol. The molecule has 1 aromatic carbocycles. The van der Waals surface area contributed by atoms with E-state index in [1.54, 1.807) is 12.1 Å². The lowest BCUT2D eigenvalue weighted by molar-refractivity contribution is -0.151. The lowest BCUT2D eigenvalue weighted by Crippen LogP contribution is -2.46. The van der Waals surface area contributed by atoms with E-state index in [1.807, 2.05) is 24.3 Å². The standard InChI is InChI=1S/C24H28F4IN5O/c1-35-18-7-8-20(31-12-11-30-10-4-9-25)33-22(18)23-21-16(15-5-2-3-6-17(15)32-21)13-19(29)34(23)14-24(26,27)28/h2-3,5-8,19,23,30,32H,4,9-14H2,1H3,(H,31,33)/t19-,23-/m0/s1. The first-order valence-corrected chi connectivity index (χ1v) is 12.7. The fourth-order valence-corrected chi connectivity index (χ4v) is 5.46. The number of halogens is 5. The van der Waals surface area contributed by atoms with Gasteiger partial charge in [-0.05, 0) is 43.1 Å². The molecule has 1 aliphatic rings. The van der Waals surface area contributed by atoms with Crippen molar-refractivity contribution < 1.29 is 22.3 Å². The molecule has 4 rings (SSSR count). The number of fused-ring (bicyclic) bond motifs is 3. The fourth-order valence-electron chi connectivity index (χ4n) is 4.50. The second-order valence-corrected chi connectivity index (χ2v) is 9.83. The normalized spacial score (nSPS) is 18.6. The zero-order valence-electron chi connectivity index (χ0n) is 19.3. The molecule has 11 heteroatoms. The minimum Gasteiger partial charge on any atom is -0.495 e. The number of methoxy groups -OCH3 is 1. The SMILES string of the molecule is COc1ccc(NCCNCCCF)nc1[C@@H]1c2[nH]c3ccccc3c2C[C@@H](I)N1CC(F)(F)F. The molecule has 0 bridgehead atoms. The van der Waals surface area contributed by atoms with Crippen molar-refractivity contribution in [2.24, 2.45) is 0 Å². The van der Waals surface area contributed by atoms with Gasteiger partial charge in [-0.15, -0.1) is 0 Å². The summed E-state index contributed by atoms with van der Waals surface area (Å²) in [5.41, 5.74) is 3.01. The number of ether oxygens (including phenoxy) is 1. The van der Waals surface area contributed by atoms with Crippen LogP contribution in [-0.4, -0.2) is 65.1 Å². The first-order valence-electron chi connectivity index (χ1n) is 11.4. The number of H-pyrrole nitrogens is 1. The number of benzene rings is 1. The maximum Gasteiger partial charge on any atom is 0.401 e. The van der Waals surface area contributed by atoms with Gasteiger partial charge in [-0.1, -0.05) is 40.8 Å². The summed E-state index contributed by atoms with van der Waals surface area (Å²) in [5.74, 6) is 0.956. The third-order valence-electron chi connectivity index (χ3n) is 6.01. The third-order valence-corrected chi connectivity index (χ3v) is 7.16. The van der Waals surface area contributed by atoms with E-state index in [2.05, 4.69) is 38.2 Å². The third kappa shape index (κ3) is 6.00. The molecular weight excluding hydrogens is 577 g/mol. The number of hydrogen-bond donors (Lipinski definition) is 3. The number of rotatable bonds is 10. The van der Waals surface area contributed by atoms with E-state index in [-0.39, 0.29) is 6.67 Å². The van der Waals surface area contributed by atoms with Crippen LogP contribution in [-0.2, 0) is 6.42 Å². The minimum atomic E-state index is -4.38. The number of aromatic amines is 1. The molecule has 3 heterocycles. The molecule has 0 unspecified atom stereocenters. The van der Waals surface area contributed by atoms with Crippen molar-refractivity contribution in [3.63, 3.8) is 0 Å². The number of aromatic nitrogens is 2. The highest BCUT2D eigenvalue weighted by Gasteiger charge is 2.44. The minimum absolute atomic E-state index is 0.368. The van der Waals surface area contributed by atoms with Crippen LogP contribution in [0.2, 0.25) is 0 Å². The quantitative estimate of drug-likeness (QED) is 0.0976. The molecule has 0 spiro atoms. The Bertz CT molecular complexity index is 1140. The van der Waals surface area contributed by atoms with Gasteiger partial charge in [0, 0.05) is 29.7 Å². The Kier molecular flexibility index (Phi) is 8.38. The molecule has 190 valence electrons. The van der Waals surface area contributed by atoms with Gasteiger partial charge in [-0.2, -0.15) is 13.2 Å². The van der Waals surface area contributed by atoms with Crippen molar-refractivity contribution >= 4 is 39.3 Å². The van der Waals surface area contributed by atoms with Crippen LogP contribution in [0.25, 0.3) is 10.9 Å². The molecule has 0 saturated heterocycles. The average molecular weight is 605 g/mol. The molecule has 0 radical (unpaired) electrons. The van der Waals surface area contributed by atoms with Crippen molar-refractivity contribution in [3.8, 4) is 5.75 Å². The fraction of sp³-hybridized carbons (Fsp3) is 0.458. The highest BCUT2D eigenvalue weighted by atomic mass is 127. The van der Waals surface area contributed by atoms with Crippen molar-refractivity contribution in [1.82, 2.24) is 20.2 Å². The molecule has 0 fully saturated rings. The summed E-state index contributed by atoms with van der Waals surface area (Å²) >= 11 is 2.09. The van der Waals surface area contributed by atoms with E-state index in [1.165, 1.54) is 12.0 Å². The van der Waals surface area contributed by atoms with Gasteiger partial charge in [0.15, 0.2) is 0 Å². The predicted molar refractivity (Wildman–Crippen MR) is 137 cm³/mol. The van der Waals surface area contributed by atoms with E-state index in [0.717, 1.165) is 16.5 Å². The van der Waals surface area contributed by atoms with Gasteiger partial charge in [0.05, 0.1) is 30.4 Å². The first kappa shape index (κ1) is 26.0. The summed E-state index contributed by atoms with van der Waals surface area (Å²) < 4.78 is 58.5. The number of hydrogen-bond acceptors (Lipinski definition) is 5. The van der Waals surface area contributed by atoms with Crippen molar-refractivity contribution in [3.05, 3.63) is 53.3 Å². The van der Waals surface area contributed by atoms with Crippen LogP contribution in [0, 0.1) is 0 Å². The number of pyridine rings is 1. The van der Waals surface area contributed by atoms with Crippen molar-refractivity contribution in [1.29, 1.82) is 0 Å². The number of alkyl halides is 5. The second-order valence-electron chi connectivity index (χ2n) is 8.39. The Morgan fingerprint density at radius 1 is 1.17 bits per heavy atom. The van der Waals surface area contributed by atoms with Crippen LogP contribution < -0.4 is 15.4 Å². The largest absolute Gasteiger partial charge is 0.495 e. The van der Waals surface area contributed by atoms with Crippen molar-refractivity contribution in [2.75, 3.05) is 45.3 Å². The zero-order chi connectivity index (χ0) is 25.0. The molecule has 2 atom stereocenters. The summed E-state index contributed by atoms with van der Waals surface area (Å²) in [4.78, 5) is 9.54. The molecule has 3 N–H and O–H groups in total. The van der Waals surface area contributed by atoms with E-state index in [4.69, 9.17) is 9.72 Å². The van der Waals surface area contributed by atoms with Gasteiger partial charge in [0.1, 0.15) is 17.3 Å². The summed E-state index contributed by atoms with van der Waals surface area (Å²) in [6.45, 7) is 0.283. The highest BCUT2D eigenvalue weighted by Crippen LogP contribution is 2.45. The van der Waals surface area contributed by atoms with Crippen LogP contribution >= 0.6 is 22.6 Å². The Hall–Kier alpha value is -2.12.